The molecule has 0 aliphatic carbocycles. The van der Waals surface area contributed by atoms with Gasteiger partial charge in [0.25, 0.3) is 5.91 Å². The van der Waals surface area contributed by atoms with E-state index in [-0.39, 0.29) is 18.1 Å². The molecule has 0 fully saturated rings. The third-order valence-electron chi connectivity index (χ3n) is 2.64. The minimum atomic E-state index is -0.244. The van der Waals surface area contributed by atoms with Gasteiger partial charge in [-0.05, 0) is 51.9 Å². The zero-order chi connectivity index (χ0) is 15.9. The van der Waals surface area contributed by atoms with Gasteiger partial charge in [-0.2, -0.15) is 0 Å². The van der Waals surface area contributed by atoms with E-state index in [1.165, 1.54) is 0 Å². The molecule has 0 aliphatic rings. The summed E-state index contributed by atoms with van der Waals surface area (Å²) >= 11 is 3.46. The first-order valence-corrected chi connectivity index (χ1v) is 8.04. The highest BCUT2D eigenvalue weighted by atomic mass is 79.9. The van der Waals surface area contributed by atoms with Crippen LogP contribution in [0.4, 0.5) is 0 Å². The number of carbonyl (C=O) groups is 1. The number of amides is 1. The highest BCUT2D eigenvalue weighted by Gasteiger charge is 2.14. The lowest BCUT2D eigenvalue weighted by Crippen LogP contribution is -2.43. The van der Waals surface area contributed by atoms with E-state index in [4.69, 9.17) is 4.74 Å². The van der Waals surface area contributed by atoms with Crippen molar-refractivity contribution in [2.75, 3.05) is 13.2 Å². The molecule has 0 heterocycles. The molecule has 0 aliphatic heterocycles. The van der Waals surface area contributed by atoms with Crippen molar-refractivity contribution in [1.82, 2.24) is 10.6 Å². The normalized spacial score (nSPS) is 11.3. The Morgan fingerprint density at radius 3 is 2.67 bits per heavy atom. The number of carbonyl (C=O) groups excluding carboxylic acids is 1. The molecular formula is C16H25BrN2O2. The van der Waals surface area contributed by atoms with E-state index in [1.807, 2.05) is 39.0 Å². The molecule has 1 amide bonds. The van der Waals surface area contributed by atoms with Crippen molar-refractivity contribution in [3.63, 3.8) is 0 Å². The fourth-order valence-corrected chi connectivity index (χ4v) is 2.23. The van der Waals surface area contributed by atoms with Crippen LogP contribution in [0, 0.1) is 0 Å². The lowest BCUT2D eigenvalue weighted by molar-refractivity contribution is -0.124. The van der Waals surface area contributed by atoms with E-state index in [9.17, 15) is 4.79 Å². The lowest BCUT2D eigenvalue weighted by atomic mass is 10.1. The van der Waals surface area contributed by atoms with Gasteiger partial charge in [0.2, 0.25) is 0 Å². The SMILES string of the molecule is CCCNCc1cc(Br)ccc1OCC(=O)NC(C)(C)C. The van der Waals surface area contributed by atoms with Gasteiger partial charge in [-0.25, -0.2) is 0 Å². The number of ether oxygens (including phenoxy) is 1. The topological polar surface area (TPSA) is 50.4 Å². The Kier molecular flexibility index (Phi) is 7.18. The Hall–Kier alpha value is -1.07. The number of hydrogen-bond acceptors (Lipinski definition) is 3. The molecule has 1 aromatic carbocycles. The Morgan fingerprint density at radius 2 is 2.05 bits per heavy atom. The predicted molar refractivity (Wildman–Crippen MR) is 89.5 cm³/mol. The monoisotopic (exact) mass is 356 g/mol. The van der Waals surface area contributed by atoms with E-state index in [1.54, 1.807) is 0 Å². The number of hydrogen-bond donors (Lipinski definition) is 2. The minimum absolute atomic E-state index is 0.0275. The van der Waals surface area contributed by atoms with Gasteiger partial charge in [0, 0.05) is 22.1 Å². The molecule has 4 nitrogen and oxygen atoms in total. The molecule has 118 valence electrons. The molecule has 21 heavy (non-hydrogen) atoms. The summed E-state index contributed by atoms with van der Waals surface area (Å²) in [6.45, 7) is 9.68. The van der Waals surface area contributed by atoms with Crippen molar-refractivity contribution >= 4 is 21.8 Å². The van der Waals surface area contributed by atoms with E-state index in [2.05, 4.69) is 33.5 Å². The summed E-state index contributed by atoms with van der Waals surface area (Å²) < 4.78 is 6.66. The maximum absolute atomic E-state index is 11.8. The number of nitrogens with one attached hydrogen (secondary N) is 2. The largest absolute Gasteiger partial charge is 0.483 e. The van der Waals surface area contributed by atoms with Crippen molar-refractivity contribution in [1.29, 1.82) is 0 Å². The van der Waals surface area contributed by atoms with Gasteiger partial charge in [0.15, 0.2) is 6.61 Å². The molecule has 0 atom stereocenters. The summed E-state index contributed by atoms with van der Waals surface area (Å²) in [5.74, 6) is 0.628. The van der Waals surface area contributed by atoms with Gasteiger partial charge >= 0.3 is 0 Å². The van der Waals surface area contributed by atoms with Crippen LogP contribution in [-0.4, -0.2) is 24.6 Å². The molecule has 1 aromatic rings. The first-order chi connectivity index (χ1) is 9.81. The predicted octanol–water partition coefficient (Wildman–Crippen LogP) is 3.24. The van der Waals surface area contributed by atoms with Crippen LogP contribution in [0.15, 0.2) is 22.7 Å². The average molecular weight is 357 g/mol. The van der Waals surface area contributed by atoms with Crippen LogP contribution in [-0.2, 0) is 11.3 Å². The molecule has 0 bridgehead atoms. The van der Waals surface area contributed by atoms with Crippen molar-refractivity contribution in [2.24, 2.45) is 0 Å². The third-order valence-corrected chi connectivity index (χ3v) is 3.13. The van der Waals surface area contributed by atoms with E-state index >= 15 is 0 Å². The third kappa shape index (κ3) is 7.48. The van der Waals surface area contributed by atoms with Crippen molar-refractivity contribution in [2.45, 2.75) is 46.2 Å². The summed E-state index contributed by atoms with van der Waals surface area (Å²) in [4.78, 5) is 11.8. The Balaban J connectivity index is 2.63. The van der Waals surface area contributed by atoms with Crippen molar-refractivity contribution in [3.05, 3.63) is 28.2 Å². The highest BCUT2D eigenvalue weighted by molar-refractivity contribution is 9.10. The van der Waals surface area contributed by atoms with Gasteiger partial charge in [0.1, 0.15) is 5.75 Å². The average Bonchev–Trinajstić information content (AvgIpc) is 2.36. The van der Waals surface area contributed by atoms with Crippen LogP contribution in [0.5, 0.6) is 5.75 Å². The van der Waals surface area contributed by atoms with Crippen LogP contribution in [0.3, 0.4) is 0 Å². The van der Waals surface area contributed by atoms with E-state index < -0.39 is 0 Å². The number of halogens is 1. The van der Waals surface area contributed by atoms with Crippen LogP contribution < -0.4 is 15.4 Å². The molecule has 0 saturated carbocycles. The fourth-order valence-electron chi connectivity index (χ4n) is 1.82. The fraction of sp³-hybridized carbons (Fsp3) is 0.562. The first-order valence-electron chi connectivity index (χ1n) is 7.25. The molecule has 0 saturated heterocycles. The van der Waals surface area contributed by atoms with Crippen LogP contribution in [0.1, 0.15) is 39.7 Å². The second kappa shape index (κ2) is 8.39. The molecule has 5 heteroatoms. The summed E-state index contributed by atoms with van der Waals surface area (Å²) in [5, 5.41) is 6.23. The number of benzene rings is 1. The van der Waals surface area contributed by atoms with Gasteiger partial charge in [-0.3, -0.25) is 4.79 Å². The number of rotatable bonds is 7. The molecular weight excluding hydrogens is 332 g/mol. The maximum atomic E-state index is 11.8. The summed E-state index contributed by atoms with van der Waals surface area (Å²) in [6.07, 6.45) is 1.08. The zero-order valence-corrected chi connectivity index (χ0v) is 14.8. The summed E-state index contributed by atoms with van der Waals surface area (Å²) in [5.41, 5.74) is 0.799. The van der Waals surface area contributed by atoms with E-state index in [0.29, 0.717) is 0 Å². The minimum Gasteiger partial charge on any atom is -0.483 e. The quantitative estimate of drug-likeness (QED) is 0.737. The molecule has 0 aromatic heterocycles. The summed E-state index contributed by atoms with van der Waals surface area (Å²) in [7, 11) is 0. The molecule has 0 radical (unpaired) electrons. The van der Waals surface area contributed by atoms with Crippen LogP contribution in [0.25, 0.3) is 0 Å². The van der Waals surface area contributed by atoms with Gasteiger partial charge in [-0.15, -0.1) is 0 Å². The molecule has 0 unspecified atom stereocenters. The Morgan fingerprint density at radius 1 is 1.33 bits per heavy atom. The molecule has 0 spiro atoms. The molecule has 2 N–H and O–H groups in total. The van der Waals surface area contributed by atoms with Crippen LogP contribution in [0.2, 0.25) is 0 Å². The second-order valence-corrected chi connectivity index (χ2v) is 6.93. The van der Waals surface area contributed by atoms with Gasteiger partial charge < -0.3 is 15.4 Å². The van der Waals surface area contributed by atoms with Crippen LogP contribution >= 0.6 is 15.9 Å². The van der Waals surface area contributed by atoms with Crippen molar-refractivity contribution < 1.29 is 9.53 Å². The lowest BCUT2D eigenvalue weighted by Gasteiger charge is -2.21. The Labute approximate surface area is 135 Å². The molecule has 1 rings (SSSR count). The summed E-state index contributed by atoms with van der Waals surface area (Å²) in [6, 6.07) is 5.82. The first kappa shape index (κ1) is 18.0. The second-order valence-electron chi connectivity index (χ2n) is 6.02. The smallest absolute Gasteiger partial charge is 0.258 e. The Bertz CT molecular complexity index is 470. The maximum Gasteiger partial charge on any atom is 0.258 e. The van der Waals surface area contributed by atoms with Crippen molar-refractivity contribution in [3.8, 4) is 5.75 Å². The highest BCUT2D eigenvalue weighted by Crippen LogP contribution is 2.23. The standard InChI is InChI=1S/C16H25BrN2O2/c1-5-8-18-10-12-9-13(17)6-7-14(12)21-11-15(20)19-16(2,3)4/h6-7,9,18H,5,8,10-11H2,1-4H3,(H,19,20). The van der Waals surface area contributed by atoms with Gasteiger partial charge in [-0.1, -0.05) is 22.9 Å². The zero-order valence-electron chi connectivity index (χ0n) is 13.3. The van der Waals surface area contributed by atoms with E-state index in [0.717, 1.165) is 35.3 Å². The van der Waals surface area contributed by atoms with Gasteiger partial charge in [0.05, 0.1) is 0 Å².